The maximum Gasteiger partial charge on any atom is 0.470 e. The van der Waals surface area contributed by atoms with Crippen LogP contribution in [0.15, 0.2) is 0 Å². The number of aliphatic hydroxyl groups excluding tert-OH is 5. The Hall–Kier alpha value is -0.0900. The van der Waals surface area contributed by atoms with Gasteiger partial charge < -0.3 is 35.3 Å². The fourth-order valence-corrected chi connectivity index (χ4v) is 2.05. The van der Waals surface area contributed by atoms with Crippen molar-refractivity contribution in [3.63, 3.8) is 0 Å². The Labute approximate surface area is 89.8 Å². The van der Waals surface area contributed by atoms with Crippen LogP contribution in [0.3, 0.4) is 0 Å². The van der Waals surface area contributed by atoms with Gasteiger partial charge >= 0.3 is 7.82 Å². The minimum Gasteiger partial charge on any atom is -0.387 e. The van der Waals surface area contributed by atoms with Gasteiger partial charge in [0.15, 0.2) is 0 Å². The number of hydrogen-bond acceptors (Lipinski definition) is 7. The molecule has 7 N–H and O–H groups in total. The highest BCUT2D eigenvalue weighted by Gasteiger charge is 2.50. The molecule has 96 valence electrons. The summed E-state index contributed by atoms with van der Waals surface area (Å²) < 4.78 is 14.5. The van der Waals surface area contributed by atoms with Gasteiger partial charge in [0, 0.05) is 0 Å². The summed E-state index contributed by atoms with van der Waals surface area (Å²) in [6, 6.07) is 0. The quantitative estimate of drug-likeness (QED) is 0.247. The van der Waals surface area contributed by atoms with Crippen LogP contribution in [0, 0.1) is 0 Å². The summed E-state index contributed by atoms with van der Waals surface area (Å²) in [5.41, 5.74) is 0. The number of aliphatic hydroxyl groups is 5. The molecule has 10 heteroatoms. The molecule has 1 saturated carbocycles. The summed E-state index contributed by atoms with van der Waals surface area (Å²) in [6.45, 7) is 0. The Balaban J connectivity index is 2.87. The molecule has 0 aromatic heterocycles. The van der Waals surface area contributed by atoms with Crippen molar-refractivity contribution in [2.75, 3.05) is 0 Å². The molecule has 1 aliphatic carbocycles. The molecular formula is C6H13O9P. The van der Waals surface area contributed by atoms with E-state index in [2.05, 4.69) is 4.52 Å². The van der Waals surface area contributed by atoms with E-state index in [4.69, 9.17) is 14.9 Å². The zero-order chi connectivity index (χ0) is 12.7. The molecule has 0 heterocycles. The molecule has 0 aromatic carbocycles. The zero-order valence-electron chi connectivity index (χ0n) is 7.86. The Morgan fingerprint density at radius 3 is 1.38 bits per heavy atom. The predicted octanol–water partition coefficient (Wildman–Crippen LogP) is -3.72. The molecule has 0 unspecified atom stereocenters. The van der Waals surface area contributed by atoms with E-state index in [1.165, 1.54) is 0 Å². The van der Waals surface area contributed by atoms with Crippen molar-refractivity contribution in [2.24, 2.45) is 0 Å². The zero-order valence-corrected chi connectivity index (χ0v) is 8.75. The largest absolute Gasteiger partial charge is 0.470 e. The number of hydrogen-bond donors (Lipinski definition) is 7. The van der Waals surface area contributed by atoms with Crippen LogP contribution in [0.25, 0.3) is 0 Å². The van der Waals surface area contributed by atoms with Crippen molar-refractivity contribution in [2.45, 2.75) is 36.6 Å². The van der Waals surface area contributed by atoms with Crippen LogP contribution in [-0.4, -0.2) is 71.9 Å². The summed E-state index contributed by atoms with van der Waals surface area (Å²) in [5, 5.41) is 46.1. The lowest BCUT2D eigenvalue weighted by atomic mass is 9.85. The molecule has 0 bridgehead atoms. The standard InChI is InChI=1S/C6H13O9P/c7-1-2(8)4(10)6(5(11)3(1)9)15-16(12,13)14/h1-11H,(H2,12,13,14)/t1-,2-,3-,4+,5-,6-/m0/s1. The second kappa shape index (κ2) is 4.65. The van der Waals surface area contributed by atoms with Crippen molar-refractivity contribution in [1.29, 1.82) is 0 Å². The van der Waals surface area contributed by atoms with E-state index in [9.17, 15) is 25.0 Å². The van der Waals surface area contributed by atoms with Crippen LogP contribution in [0.1, 0.15) is 0 Å². The van der Waals surface area contributed by atoms with Crippen molar-refractivity contribution in [1.82, 2.24) is 0 Å². The molecule has 1 rings (SSSR count). The van der Waals surface area contributed by atoms with E-state index in [-0.39, 0.29) is 0 Å². The van der Waals surface area contributed by atoms with Gasteiger partial charge in [0.1, 0.15) is 36.6 Å². The fourth-order valence-electron chi connectivity index (χ4n) is 1.48. The SMILES string of the molecule is O=P(O)(O)O[C@H]1[C@H](O)[C@@H](O)[C@H](O)[C@H](O)[C@@H]1O. The Bertz CT molecular complexity index is 274. The number of phosphoric acid groups is 1. The second-order valence-electron chi connectivity index (χ2n) is 3.51. The number of phosphoric ester groups is 1. The Morgan fingerprint density at radius 2 is 1.06 bits per heavy atom. The molecule has 16 heavy (non-hydrogen) atoms. The van der Waals surface area contributed by atoms with Gasteiger partial charge in [0.2, 0.25) is 0 Å². The lowest BCUT2D eigenvalue weighted by Gasteiger charge is -2.41. The van der Waals surface area contributed by atoms with Crippen LogP contribution in [0.2, 0.25) is 0 Å². The van der Waals surface area contributed by atoms with E-state index in [1.807, 2.05) is 0 Å². The molecule has 0 saturated heterocycles. The van der Waals surface area contributed by atoms with Gasteiger partial charge in [0.05, 0.1) is 0 Å². The van der Waals surface area contributed by atoms with Crippen LogP contribution in [0.4, 0.5) is 0 Å². The molecule has 6 atom stereocenters. The van der Waals surface area contributed by atoms with E-state index in [0.717, 1.165) is 0 Å². The average molecular weight is 260 g/mol. The van der Waals surface area contributed by atoms with Crippen molar-refractivity contribution >= 4 is 7.82 Å². The maximum atomic E-state index is 10.5. The number of rotatable bonds is 2. The highest BCUT2D eigenvalue weighted by atomic mass is 31.2. The van der Waals surface area contributed by atoms with Crippen molar-refractivity contribution in [3.05, 3.63) is 0 Å². The van der Waals surface area contributed by atoms with Crippen LogP contribution in [0.5, 0.6) is 0 Å². The average Bonchev–Trinajstić information content (AvgIpc) is 2.17. The van der Waals surface area contributed by atoms with E-state index < -0.39 is 44.4 Å². The maximum absolute atomic E-state index is 10.5. The van der Waals surface area contributed by atoms with Gasteiger partial charge in [-0.15, -0.1) is 0 Å². The van der Waals surface area contributed by atoms with Crippen molar-refractivity contribution < 1.29 is 44.4 Å². The van der Waals surface area contributed by atoms with E-state index >= 15 is 0 Å². The highest BCUT2D eigenvalue weighted by molar-refractivity contribution is 7.46. The smallest absolute Gasteiger partial charge is 0.387 e. The van der Waals surface area contributed by atoms with Gasteiger partial charge in [0.25, 0.3) is 0 Å². The monoisotopic (exact) mass is 260 g/mol. The summed E-state index contributed by atoms with van der Waals surface area (Å²) in [4.78, 5) is 17.0. The second-order valence-corrected chi connectivity index (χ2v) is 4.71. The first-order valence-electron chi connectivity index (χ1n) is 4.29. The Kier molecular flexibility index (Phi) is 4.06. The lowest BCUT2D eigenvalue weighted by molar-refractivity contribution is -0.219. The fraction of sp³-hybridized carbons (Fsp3) is 1.00. The van der Waals surface area contributed by atoms with Gasteiger partial charge in [-0.05, 0) is 0 Å². The summed E-state index contributed by atoms with van der Waals surface area (Å²) in [5.74, 6) is 0. The summed E-state index contributed by atoms with van der Waals surface area (Å²) in [6.07, 6.45) is -11.3. The third kappa shape index (κ3) is 2.77. The first kappa shape index (κ1) is 14.0. The van der Waals surface area contributed by atoms with Gasteiger partial charge in [-0.2, -0.15) is 0 Å². The van der Waals surface area contributed by atoms with E-state index in [0.29, 0.717) is 0 Å². The first-order chi connectivity index (χ1) is 7.15. The van der Waals surface area contributed by atoms with E-state index in [1.54, 1.807) is 0 Å². The third-order valence-electron chi connectivity index (χ3n) is 2.33. The third-order valence-corrected chi connectivity index (χ3v) is 2.85. The normalized spacial score (nSPS) is 45.7. The van der Waals surface area contributed by atoms with Crippen LogP contribution >= 0.6 is 7.82 Å². The lowest BCUT2D eigenvalue weighted by Crippen LogP contribution is -2.64. The molecule has 0 amide bonds. The molecule has 9 nitrogen and oxygen atoms in total. The predicted molar refractivity (Wildman–Crippen MR) is 47.0 cm³/mol. The molecule has 0 radical (unpaired) electrons. The summed E-state index contributed by atoms with van der Waals surface area (Å²) >= 11 is 0. The van der Waals surface area contributed by atoms with Gasteiger partial charge in [-0.1, -0.05) is 0 Å². The molecule has 1 fully saturated rings. The topological polar surface area (TPSA) is 168 Å². The Morgan fingerprint density at radius 1 is 0.750 bits per heavy atom. The molecule has 0 aliphatic heterocycles. The van der Waals surface area contributed by atoms with Gasteiger partial charge in [-0.3, -0.25) is 4.52 Å². The van der Waals surface area contributed by atoms with Gasteiger partial charge in [-0.25, -0.2) is 4.57 Å². The molecule has 1 aliphatic rings. The molecule has 0 spiro atoms. The first-order valence-corrected chi connectivity index (χ1v) is 5.82. The van der Waals surface area contributed by atoms with Crippen LogP contribution < -0.4 is 0 Å². The summed E-state index contributed by atoms with van der Waals surface area (Å²) in [7, 11) is -5.01. The molecular weight excluding hydrogens is 247 g/mol. The minimum atomic E-state index is -5.01. The van der Waals surface area contributed by atoms with Crippen LogP contribution in [-0.2, 0) is 9.09 Å². The minimum absolute atomic E-state index is 1.83. The highest BCUT2D eigenvalue weighted by Crippen LogP contribution is 2.41. The molecule has 0 aromatic rings. The van der Waals surface area contributed by atoms with Crippen molar-refractivity contribution in [3.8, 4) is 0 Å².